The van der Waals surface area contributed by atoms with E-state index in [-0.39, 0.29) is 0 Å². The lowest BCUT2D eigenvalue weighted by molar-refractivity contribution is -0.0225. The van der Waals surface area contributed by atoms with Crippen LogP contribution in [0.25, 0.3) is 10.4 Å². The standard InChI is InChI=1S/C12H17N5O4/c1-6-5-17(12(20)14-11(6)19)10-4-8(15-16-13)9(21-10)3-7(2)18/h5,7-10,18H,3-4H2,1-2H3,(H,14,19,20)/t7?,8?,9-,10-/m1/s1. The van der Waals surface area contributed by atoms with Gasteiger partial charge in [0.25, 0.3) is 5.56 Å². The number of hydrogen-bond acceptors (Lipinski definition) is 5. The number of aromatic nitrogens is 2. The third-order valence-electron chi connectivity index (χ3n) is 3.43. The minimum Gasteiger partial charge on any atom is -0.393 e. The summed E-state index contributed by atoms with van der Waals surface area (Å²) in [5.41, 5.74) is 7.96. The second-order valence-electron chi connectivity index (χ2n) is 5.20. The second-order valence-corrected chi connectivity index (χ2v) is 5.20. The van der Waals surface area contributed by atoms with Crippen molar-refractivity contribution < 1.29 is 9.84 Å². The predicted molar refractivity (Wildman–Crippen MR) is 73.8 cm³/mol. The van der Waals surface area contributed by atoms with Crippen LogP contribution in [0.1, 0.15) is 31.6 Å². The van der Waals surface area contributed by atoms with E-state index in [4.69, 9.17) is 10.3 Å². The summed E-state index contributed by atoms with van der Waals surface area (Å²) in [5, 5.41) is 13.1. The van der Waals surface area contributed by atoms with E-state index in [1.165, 1.54) is 10.8 Å². The Morgan fingerprint density at radius 2 is 2.38 bits per heavy atom. The van der Waals surface area contributed by atoms with Crippen molar-refractivity contribution in [2.24, 2.45) is 5.11 Å². The number of H-pyrrole nitrogens is 1. The predicted octanol–water partition coefficient (Wildman–Crippen LogP) is 0.582. The Morgan fingerprint density at radius 3 is 3.00 bits per heavy atom. The Kier molecular flexibility index (Phi) is 4.46. The molecule has 1 fully saturated rings. The van der Waals surface area contributed by atoms with Crippen molar-refractivity contribution in [1.82, 2.24) is 9.55 Å². The van der Waals surface area contributed by atoms with E-state index < -0.39 is 35.7 Å². The van der Waals surface area contributed by atoms with Crippen LogP contribution in [0.2, 0.25) is 0 Å². The maximum absolute atomic E-state index is 11.8. The molecule has 4 atom stereocenters. The van der Waals surface area contributed by atoms with Crippen molar-refractivity contribution in [1.29, 1.82) is 0 Å². The highest BCUT2D eigenvalue weighted by Crippen LogP contribution is 2.32. The first-order valence-electron chi connectivity index (χ1n) is 6.62. The lowest BCUT2D eigenvalue weighted by Crippen LogP contribution is -2.33. The molecule has 9 nitrogen and oxygen atoms in total. The summed E-state index contributed by atoms with van der Waals surface area (Å²) in [6, 6.07) is -0.464. The van der Waals surface area contributed by atoms with Gasteiger partial charge in [0.15, 0.2) is 0 Å². The lowest BCUT2D eigenvalue weighted by Gasteiger charge is -2.17. The van der Waals surface area contributed by atoms with Crippen molar-refractivity contribution in [3.63, 3.8) is 0 Å². The maximum Gasteiger partial charge on any atom is 0.330 e. The Bertz CT molecular complexity index is 673. The smallest absolute Gasteiger partial charge is 0.330 e. The van der Waals surface area contributed by atoms with E-state index in [2.05, 4.69) is 15.0 Å². The number of aromatic amines is 1. The van der Waals surface area contributed by atoms with Gasteiger partial charge in [0.05, 0.1) is 18.2 Å². The molecule has 1 aromatic rings. The summed E-state index contributed by atoms with van der Waals surface area (Å²) < 4.78 is 6.99. The third kappa shape index (κ3) is 3.33. The van der Waals surface area contributed by atoms with Gasteiger partial charge in [0, 0.05) is 23.1 Å². The van der Waals surface area contributed by atoms with Gasteiger partial charge in [-0.15, -0.1) is 0 Å². The molecule has 0 amide bonds. The normalized spacial score (nSPS) is 26.3. The average Bonchev–Trinajstić information content (AvgIpc) is 2.76. The van der Waals surface area contributed by atoms with Crippen LogP contribution in [0, 0.1) is 6.92 Å². The molecule has 0 radical (unpaired) electrons. The monoisotopic (exact) mass is 295 g/mol. The number of hydrogen-bond donors (Lipinski definition) is 2. The van der Waals surface area contributed by atoms with Gasteiger partial charge < -0.3 is 9.84 Å². The molecule has 2 heterocycles. The minimum atomic E-state index is -0.632. The number of ether oxygens (including phenoxy) is 1. The summed E-state index contributed by atoms with van der Waals surface area (Å²) in [5.74, 6) is 0. The number of rotatable bonds is 4. The van der Waals surface area contributed by atoms with E-state index in [9.17, 15) is 14.7 Å². The molecule has 2 unspecified atom stereocenters. The Morgan fingerprint density at radius 1 is 1.67 bits per heavy atom. The molecular formula is C12H17N5O4. The molecule has 0 bridgehead atoms. The fourth-order valence-electron chi connectivity index (χ4n) is 2.42. The minimum absolute atomic E-state index is 0.303. The van der Waals surface area contributed by atoms with Crippen molar-refractivity contribution >= 4 is 0 Å². The number of nitrogens with one attached hydrogen (secondary N) is 1. The van der Waals surface area contributed by atoms with E-state index in [0.29, 0.717) is 18.4 Å². The first-order chi connectivity index (χ1) is 9.92. The zero-order valence-corrected chi connectivity index (χ0v) is 11.8. The highest BCUT2D eigenvalue weighted by Gasteiger charge is 2.36. The molecule has 1 aliphatic rings. The van der Waals surface area contributed by atoms with Crippen LogP contribution in [0.15, 0.2) is 20.9 Å². The third-order valence-corrected chi connectivity index (χ3v) is 3.43. The van der Waals surface area contributed by atoms with Crippen LogP contribution >= 0.6 is 0 Å². The second kappa shape index (κ2) is 6.13. The summed E-state index contributed by atoms with van der Waals surface area (Å²) >= 11 is 0. The van der Waals surface area contributed by atoms with Crippen LogP contribution in [0.5, 0.6) is 0 Å². The van der Waals surface area contributed by atoms with Crippen LogP contribution in [-0.4, -0.2) is 32.9 Å². The maximum atomic E-state index is 11.8. The van der Waals surface area contributed by atoms with Gasteiger partial charge in [-0.1, -0.05) is 5.11 Å². The van der Waals surface area contributed by atoms with Crippen LogP contribution in [-0.2, 0) is 4.74 Å². The topological polar surface area (TPSA) is 133 Å². The summed E-state index contributed by atoms with van der Waals surface area (Å²) in [7, 11) is 0. The molecule has 0 aromatic carbocycles. The molecule has 0 saturated carbocycles. The summed E-state index contributed by atoms with van der Waals surface area (Å²) in [4.78, 5) is 28.2. The lowest BCUT2D eigenvalue weighted by atomic mass is 10.1. The molecule has 1 aliphatic heterocycles. The molecule has 2 rings (SSSR count). The van der Waals surface area contributed by atoms with Gasteiger partial charge in [-0.25, -0.2) is 4.79 Å². The molecular weight excluding hydrogens is 278 g/mol. The Hall–Kier alpha value is -2.09. The molecule has 2 N–H and O–H groups in total. The first kappa shape index (κ1) is 15.3. The van der Waals surface area contributed by atoms with E-state index in [1.807, 2.05) is 0 Å². The Balaban J connectivity index is 2.30. The fraction of sp³-hybridized carbons (Fsp3) is 0.667. The number of aliphatic hydroxyl groups is 1. The largest absolute Gasteiger partial charge is 0.393 e. The molecule has 21 heavy (non-hydrogen) atoms. The van der Waals surface area contributed by atoms with Crippen LogP contribution < -0.4 is 11.2 Å². The molecule has 1 aromatic heterocycles. The van der Waals surface area contributed by atoms with Crippen molar-refractivity contribution in [2.75, 3.05) is 0 Å². The summed E-state index contributed by atoms with van der Waals surface area (Å²) in [6.45, 7) is 3.20. The van der Waals surface area contributed by atoms with Crippen molar-refractivity contribution in [3.05, 3.63) is 43.0 Å². The van der Waals surface area contributed by atoms with E-state index in [0.717, 1.165) is 0 Å². The number of aliphatic hydroxyl groups excluding tert-OH is 1. The van der Waals surface area contributed by atoms with Gasteiger partial charge in [0.1, 0.15) is 6.23 Å². The van der Waals surface area contributed by atoms with Crippen LogP contribution in [0.3, 0.4) is 0 Å². The van der Waals surface area contributed by atoms with Crippen molar-refractivity contribution in [3.8, 4) is 0 Å². The van der Waals surface area contributed by atoms with Gasteiger partial charge in [0.2, 0.25) is 0 Å². The van der Waals surface area contributed by atoms with Crippen molar-refractivity contribution in [2.45, 2.75) is 51.2 Å². The quantitative estimate of drug-likeness (QED) is 0.477. The number of azide groups is 1. The Labute approximate surface area is 119 Å². The highest BCUT2D eigenvalue weighted by atomic mass is 16.5. The number of aryl methyl sites for hydroxylation is 1. The molecule has 0 aliphatic carbocycles. The number of nitrogens with zero attached hydrogens (tertiary/aromatic N) is 4. The fourth-order valence-corrected chi connectivity index (χ4v) is 2.42. The summed E-state index contributed by atoms with van der Waals surface area (Å²) in [6.07, 6.45) is 0.324. The average molecular weight is 295 g/mol. The molecule has 114 valence electrons. The molecule has 0 spiro atoms. The van der Waals surface area contributed by atoms with Crippen LogP contribution in [0.4, 0.5) is 0 Å². The van der Waals surface area contributed by atoms with Gasteiger partial charge in [-0.2, -0.15) is 0 Å². The van der Waals surface area contributed by atoms with E-state index in [1.54, 1.807) is 13.8 Å². The molecule has 9 heteroatoms. The first-order valence-corrected chi connectivity index (χ1v) is 6.62. The van der Waals surface area contributed by atoms with Gasteiger partial charge in [-0.3, -0.25) is 14.3 Å². The van der Waals surface area contributed by atoms with Gasteiger partial charge >= 0.3 is 5.69 Å². The zero-order valence-electron chi connectivity index (χ0n) is 11.8. The van der Waals surface area contributed by atoms with E-state index >= 15 is 0 Å². The molecule has 1 saturated heterocycles. The van der Waals surface area contributed by atoms with Gasteiger partial charge in [-0.05, 0) is 25.8 Å². The highest BCUT2D eigenvalue weighted by molar-refractivity contribution is 5.02. The SMILES string of the molecule is Cc1cn([C@H]2CC(N=[N+]=[N-])[C@@H](CC(C)O)O2)c(=O)[nH]c1=O. The zero-order chi connectivity index (χ0) is 15.6.